The van der Waals surface area contributed by atoms with Crippen LogP contribution in [0, 0.1) is 0 Å². The van der Waals surface area contributed by atoms with Crippen molar-refractivity contribution >= 4 is 27.5 Å². The molecule has 4 rings (SSSR count). The minimum atomic E-state index is 0.0257. The quantitative estimate of drug-likeness (QED) is 0.731. The molecular weight excluding hydrogens is 322 g/mol. The summed E-state index contributed by atoms with van der Waals surface area (Å²) >= 11 is 1.60. The van der Waals surface area contributed by atoms with Gasteiger partial charge in [0.15, 0.2) is 6.61 Å². The summed E-state index contributed by atoms with van der Waals surface area (Å²) < 4.78 is 5.71. The number of aromatic nitrogens is 2. The van der Waals surface area contributed by atoms with Crippen LogP contribution >= 0.6 is 11.3 Å². The number of thiophene rings is 1. The van der Waals surface area contributed by atoms with Crippen LogP contribution in [0.4, 0.5) is 0 Å². The van der Waals surface area contributed by atoms with Crippen molar-refractivity contribution in [3.05, 3.63) is 42.7 Å². The molecule has 2 aromatic heterocycles. The van der Waals surface area contributed by atoms with Crippen LogP contribution in [0.5, 0.6) is 5.88 Å². The lowest BCUT2D eigenvalue weighted by Gasteiger charge is -2.15. The van der Waals surface area contributed by atoms with E-state index in [4.69, 9.17) is 4.74 Å². The molecule has 0 N–H and O–H groups in total. The van der Waals surface area contributed by atoms with Gasteiger partial charge in [-0.25, -0.2) is 9.97 Å². The fourth-order valence-corrected chi connectivity index (χ4v) is 3.88. The first-order chi connectivity index (χ1) is 11.8. The Balaban J connectivity index is 1.57. The molecule has 0 bridgehead atoms. The molecule has 0 atom stereocenters. The van der Waals surface area contributed by atoms with Gasteiger partial charge in [-0.05, 0) is 24.5 Å². The number of benzene rings is 1. The van der Waals surface area contributed by atoms with Gasteiger partial charge in [0.1, 0.15) is 11.2 Å². The summed E-state index contributed by atoms with van der Waals surface area (Å²) in [4.78, 5) is 24.5. The fourth-order valence-electron chi connectivity index (χ4n) is 2.88. The van der Waals surface area contributed by atoms with Crippen LogP contribution in [0.3, 0.4) is 0 Å². The molecule has 24 heavy (non-hydrogen) atoms. The van der Waals surface area contributed by atoms with E-state index in [0.29, 0.717) is 5.88 Å². The summed E-state index contributed by atoms with van der Waals surface area (Å²) in [5.74, 6) is 0.503. The molecule has 6 heteroatoms. The summed E-state index contributed by atoms with van der Waals surface area (Å²) in [6.45, 7) is 1.69. The zero-order valence-corrected chi connectivity index (χ0v) is 14.0. The Hall–Kier alpha value is -2.47. The van der Waals surface area contributed by atoms with Gasteiger partial charge >= 0.3 is 0 Å². The summed E-state index contributed by atoms with van der Waals surface area (Å²) in [7, 11) is 0. The highest BCUT2D eigenvalue weighted by Crippen LogP contribution is 2.35. The van der Waals surface area contributed by atoms with Gasteiger partial charge in [-0.2, -0.15) is 0 Å². The van der Waals surface area contributed by atoms with Crippen LogP contribution in [0.25, 0.3) is 20.7 Å². The lowest BCUT2D eigenvalue weighted by molar-refractivity contribution is -0.132. The molecule has 1 aliphatic heterocycles. The monoisotopic (exact) mass is 339 g/mol. The molecule has 1 amide bonds. The van der Waals surface area contributed by atoms with Crippen molar-refractivity contribution < 1.29 is 9.53 Å². The third-order valence-electron chi connectivity index (χ3n) is 4.14. The van der Waals surface area contributed by atoms with Crippen molar-refractivity contribution in [3.63, 3.8) is 0 Å². The van der Waals surface area contributed by atoms with Gasteiger partial charge in [0.2, 0.25) is 5.88 Å². The van der Waals surface area contributed by atoms with Gasteiger partial charge in [0, 0.05) is 18.0 Å². The minimum absolute atomic E-state index is 0.0257. The van der Waals surface area contributed by atoms with E-state index in [-0.39, 0.29) is 12.5 Å². The molecule has 0 saturated carbocycles. The second kappa shape index (κ2) is 6.57. The Morgan fingerprint density at radius 2 is 1.96 bits per heavy atom. The van der Waals surface area contributed by atoms with E-state index in [9.17, 15) is 4.79 Å². The molecule has 1 saturated heterocycles. The van der Waals surface area contributed by atoms with E-state index >= 15 is 0 Å². The van der Waals surface area contributed by atoms with Crippen LogP contribution < -0.4 is 4.74 Å². The van der Waals surface area contributed by atoms with Crippen LogP contribution in [0.2, 0.25) is 0 Å². The third-order valence-corrected chi connectivity index (χ3v) is 5.23. The van der Waals surface area contributed by atoms with Gasteiger partial charge in [-0.15, -0.1) is 11.3 Å². The number of carbonyl (C=O) groups is 1. The third kappa shape index (κ3) is 2.97. The van der Waals surface area contributed by atoms with Gasteiger partial charge in [-0.3, -0.25) is 4.79 Å². The molecule has 5 nitrogen and oxygen atoms in total. The van der Waals surface area contributed by atoms with Gasteiger partial charge in [-0.1, -0.05) is 30.3 Å². The maximum Gasteiger partial charge on any atom is 0.260 e. The second-order valence-corrected chi connectivity index (χ2v) is 6.78. The Morgan fingerprint density at radius 3 is 2.75 bits per heavy atom. The SMILES string of the molecule is O=C(COc1ncnc2sc(-c3ccccc3)cc12)N1CCCC1. The number of hydrogen-bond acceptors (Lipinski definition) is 5. The summed E-state index contributed by atoms with van der Waals surface area (Å²) in [6, 6.07) is 12.2. The van der Waals surface area contributed by atoms with Crippen molar-refractivity contribution in [2.75, 3.05) is 19.7 Å². The van der Waals surface area contributed by atoms with E-state index in [2.05, 4.69) is 22.1 Å². The fraction of sp³-hybridized carbons (Fsp3) is 0.278. The normalized spacial score (nSPS) is 14.2. The lowest BCUT2D eigenvalue weighted by atomic mass is 10.2. The van der Waals surface area contributed by atoms with Crippen molar-refractivity contribution in [3.8, 4) is 16.3 Å². The number of nitrogens with zero attached hydrogens (tertiary/aromatic N) is 3. The smallest absolute Gasteiger partial charge is 0.260 e. The average molecular weight is 339 g/mol. The van der Waals surface area contributed by atoms with Crippen LogP contribution in [0.15, 0.2) is 42.7 Å². The first kappa shape index (κ1) is 15.1. The number of ether oxygens (including phenoxy) is 1. The lowest BCUT2D eigenvalue weighted by Crippen LogP contribution is -2.32. The number of fused-ring (bicyclic) bond motifs is 1. The van der Waals surface area contributed by atoms with E-state index in [0.717, 1.165) is 46.6 Å². The Labute approximate surface area is 143 Å². The summed E-state index contributed by atoms with van der Waals surface area (Å²) in [5, 5.41) is 0.857. The number of carbonyl (C=O) groups excluding carboxylic acids is 1. The van der Waals surface area contributed by atoms with Crippen LogP contribution in [-0.4, -0.2) is 40.5 Å². The molecule has 122 valence electrons. The second-order valence-electron chi connectivity index (χ2n) is 5.75. The van der Waals surface area contributed by atoms with E-state index in [1.807, 2.05) is 29.2 Å². The van der Waals surface area contributed by atoms with Crippen LogP contribution in [0.1, 0.15) is 12.8 Å². The predicted octanol–water partition coefficient (Wildman–Crippen LogP) is 3.36. The zero-order chi connectivity index (χ0) is 16.4. The molecule has 0 unspecified atom stereocenters. The first-order valence-corrected chi connectivity index (χ1v) is 8.83. The van der Waals surface area contributed by atoms with Crippen molar-refractivity contribution in [1.29, 1.82) is 0 Å². The number of hydrogen-bond donors (Lipinski definition) is 0. The van der Waals surface area contributed by atoms with E-state index in [1.54, 1.807) is 11.3 Å². The summed E-state index contributed by atoms with van der Waals surface area (Å²) in [5.41, 5.74) is 1.14. The van der Waals surface area contributed by atoms with Gasteiger partial charge < -0.3 is 9.64 Å². The maximum absolute atomic E-state index is 12.1. The van der Waals surface area contributed by atoms with Crippen molar-refractivity contribution in [1.82, 2.24) is 14.9 Å². The molecule has 1 aliphatic rings. The number of amides is 1. The molecule has 1 fully saturated rings. The maximum atomic E-state index is 12.1. The van der Waals surface area contributed by atoms with Gasteiger partial charge in [0.05, 0.1) is 5.39 Å². The molecule has 0 radical (unpaired) electrons. The van der Waals surface area contributed by atoms with E-state index in [1.165, 1.54) is 6.33 Å². The predicted molar refractivity (Wildman–Crippen MR) is 94.2 cm³/mol. The standard InChI is InChI=1S/C18H17N3O2S/c22-16(21-8-4-5-9-21)11-23-17-14-10-15(13-6-2-1-3-7-13)24-18(14)20-12-19-17/h1-3,6-7,10,12H,4-5,8-9,11H2. The van der Waals surface area contributed by atoms with Crippen LogP contribution in [-0.2, 0) is 4.79 Å². The molecule has 3 aromatic rings. The highest BCUT2D eigenvalue weighted by Gasteiger charge is 2.19. The van der Waals surface area contributed by atoms with Crippen molar-refractivity contribution in [2.24, 2.45) is 0 Å². The Bertz CT molecular complexity index is 857. The van der Waals surface area contributed by atoms with E-state index < -0.39 is 0 Å². The Kier molecular flexibility index (Phi) is 4.13. The minimum Gasteiger partial charge on any atom is -0.467 e. The zero-order valence-electron chi connectivity index (χ0n) is 13.1. The highest BCUT2D eigenvalue weighted by molar-refractivity contribution is 7.21. The summed E-state index contributed by atoms with van der Waals surface area (Å²) in [6.07, 6.45) is 3.65. The number of likely N-dealkylation sites (tertiary alicyclic amines) is 1. The Morgan fingerprint density at radius 1 is 1.17 bits per heavy atom. The molecule has 1 aromatic carbocycles. The highest BCUT2D eigenvalue weighted by atomic mass is 32.1. The molecule has 0 aliphatic carbocycles. The van der Waals surface area contributed by atoms with Crippen molar-refractivity contribution in [2.45, 2.75) is 12.8 Å². The number of rotatable bonds is 4. The molecule has 3 heterocycles. The first-order valence-electron chi connectivity index (χ1n) is 8.02. The average Bonchev–Trinajstić information content (AvgIpc) is 3.30. The van der Waals surface area contributed by atoms with Gasteiger partial charge in [0.25, 0.3) is 5.91 Å². The molecular formula is C18H17N3O2S. The topological polar surface area (TPSA) is 55.3 Å². The molecule has 0 spiro atoms. The largest absolute Gasteiger partial charge is 0.467 e.